The van der Waals surface area contributed by atoms with Crippen molar-refractivity contribution in [1.29, 1.82) is 0 Å². The fourth-order valence-electron chi connectivity index (χ4n) is 3.94. The topological polar surface area (TPSA) is 84.7 Å². The number of hydrogen-bond acceptors (Lipinski definition) is 5. The van der Waals surface area contributed by atoms with Gasteiger partial charge in [0.1, 0.15) is 5.82 Å². The Morgan fingerprint density at radius 2 is 1.94 bits per heavy atom. The molecule has 4 N–H and O–H groups in total. The largest absolute Gasteiger partial charge is 0.366 e. The predicted molar refractivity (Wildman–Crippen MR) is 131 cm³/mol. The van der Waals surface area contributed by atoms with E-state index in [2.05, 4.69) is 92.2 Å². The van der Waals surface area contributed by atoms with E-state index in [-0.39, 0.29) is 0 Å². The molecule has 0 spiro atoms. The maximum Gasteiger partial charge on any atom is 0.229 e. The minimum atomic E-state index is 0.573. The third-order valence-electron chi connectivity index (χ3n) is 5.61. The Morgan fingerprint density at radius 3 is 2.84 bits per heavy atom. The van der Waals surface area contributed by atoms with E-state index in [1.165, 1.54) is 21.9 Å². The number of fused-ring (bicyclic) bond motifs is 2. The molecule has 7 nitrogen and oxygen atoms in total. The number of H-pyrrole nitrogens is 2. The van der Waals surface area contributed by atoms with Crippen molar-refractivity contribution in [1.82, 2.24) is 24.8 Å². The van der Waals surface area contributed by atoms with E-state index in [1.807, 2.05) is 18.3 Å². The standard InChI is InChI=1S/C25H27N7/c1-32(2)13-10-19-16-28-21-4-3-5-22(24(19)21)30-25-27-12-9-23(31-25)29-15-17-6-7-20-18(14-17)8-11-26-20/h3-9,11-12,14,16,26,28H,10,13,15H2,1-2H3,(H2,27,29,30,31). The first kappa shape index (κ1) is 20.1. The average molecular weight is 426 g/mol. The number of aromatic amines is 2. The lowest BCUT2D eigenvalue weighted by Gasteiger charge is -2.12. The second-order valence-electron chi connectivity index (χ2n) is 8.24. The third-order valence-corrected chi connectivity index (χ3v) is 5.61. The SMILES string of the molecule is CN(C)CCc1c[nH]c2cccc(Nc3nccc(NCc4ccc5[nH]ccc5c4)n3)c12. The monoisotopic (exact) mass is 425 g/mol. The quantitative estimate of drug-likeness (QED) is 0.284. The molecule has 0 atom stereocenters. The van der Waals surface area contributed by atoms with Crippen LogP contribution in [0.5, 0.6) is 0 Å². The summed E-state index contributed by atoms with van der Waals surface area (Å²) in [5.74, 6) is 1.36. The lowest BCUT2D eigenvalue weighted by atomic mass is 10.1. The summed E-state index contributed by atoms with van der Waals surface area (Å²) in [5, 5.41) is 9.23. The number of anilines is 3. The van der Waals surface area contributed by atoms with Gasteiger partial charge in [-0.25, -0.2) is 4.98 Å². The van der Waals surface area contributed by atoms with Crippen LogP contribution >= 0.6 is 0 Å². The van der Waals surface area contributed by atoms with E-state index in [0.717, 1.165) is 35.5 Å². The molecule has 5 aromatic rings. The molecule has 5 rings (SSSR count). The molecule has 0 amide bonds. The molecule has 0 aliphatic rings. The molecule has 0 radical (unpaired) electrons. The molecule has 0 aliphatic heterocycles. The smallest absolute Gasteiger partial charge is 0.229 e. The van der Waals surface area contributed by atoms with Crippen molar-refractivity contribution < 1.29 is 0 Å². The number of hydrogen-bond donors (Lipinski definition) is 4. The van der Waals surface area contributed by atoms with Crippen molar-refractivity contribution in [3.05, 3.63) is 78.2 Å². The summed E-state index contributed by atoms with van der Waals surface area (Å²) in [6.45, 7) is 1.69. The minimum absolute atomic E-state index is 0.573. The van der Waals surface area contributed by atoms with Gasteiger partial charge < -0.3 is 25.5 Å². The number of nitrogens with one attached hydrogen (secondary N) is 4. The fourth-order valence-corrected chi connectivity index (χ4v) is 3.94. The van der Waals surface area contributed by atoms with E-state index < -0.39 is 0 Å². The second kappa shape index (κ2) is 8.72. The fraction of sp³-hybridized carbons (Fsp3) is 0.200. The molecular formula is C25H27N7. The summed E-state index contributed by atoms with van der Waals surface area (Å²) in [4.78, 5) is 17.9. The molecule has 0 unspecified atom stereocenters. The number of rotatable bonds is 8. The van der Waals surface area contributed by atoms with Crippen molar-refractivity contribution in [2.24, 2.45) is 0 Å². The Balaban J connectivity index is 1.33. The van der Waals surface area contributed by atoms with Crippen LogP contribution in [0.1, 0.15) is 11.1 Å². The summed E-state index contributed by atoms with van der Waals surface area (Å²) in [6.07, 6.45) is 6.80. The van der Waals surface area contributed by atoms with Crippen LogP contribution in [0, 0.1) is 0 Å². The van der Waals surface area contributed by atoms with Crippen LogP contribution < -0.4 is 10.6 Å². The highest BCUT2D eigenvalue weighted by molar-refractivity contribution is 5.96. The van der Waals surface area contributed by atoms with Gasteiger partial charge in [0.05, 0.1) is 5.69 Å². The maximum atomic E-state index is 4.67. The van der Waals surface area contributed by atoms with E-state index in [4.69, 9.17) is 0 Å². The van der Waals surface area contributed by atoms with Gasteiger partial charge in [0.25, 0.3) is 0 Å². The Kier molecular flexibility index (Phi) is 5.47. The normalized spacial score (nSPS) is 11.5. The van der Waals surface area contributed by atoms with E-state index >= 15 is 0 Å². The van der Waals surface area contributed by atoms with Gasteiger partial charge in [0.2, 0.25) is 5.95 Å². The van der Waals surface area contributed by atoms with Crippen LogP contribution in [0.3, 0.4) is 0 Å². The highest BCUT2D eigenvalue weighted by Gasteiger charge is 2.10. The lowest BCUT2D eigenvalue weighted by molar-refractivity contribution is 0.414. The summed E-state index contributed by atoms with van der Waals surface area (Å²) in [5.41, 5.74) is 5.75. The molecule has 2 aromatic carbocycles. The molecule has 3 aromatic heterocycles. The maximum absolute atomic E-state index is 4.67. The van der Waals surface area contributed by atoms with Gasteiger partial charge in [-0.2, -0.15) is 4.98 Å². The predicted octanol–water partition coefficient (Wildman–Crippen LogP) is 4.90. The number of nitrogens with zero attached hydrogens (tertiary/aromatic N) is 3. The average Bonchev–Trinajstić information content (AvgIpc) is 3.43. The minimum Gasteiger partial charge on any atom is -0.366 e. The van der Waals surface area contributed by atoms with Crippen molar-refractivity contribution in [3.8, 4) is 0 Å². The first-order chi connectivity index (χ1) is 15.7. The summed E-state index contributed by atoms with van der Waals surface area (Å²) in [6, 6.07) is 16.6. The van der Waals surface area contributed by atoms with Crippen molar-refractivity contribution in [2.45, 2.75) is 13.0 Å². The molecular weight excluding hydrogens is 398 g/mol. The van der Waals surface area contributed by atoms with Crippen LogP contribution in [-0.4, -0.2) is 45.5 Å². The highest BCUT2D eigenvalue weighted by atomic mass is 15.1. The third kappa shape index (κ3) is 4.29. The van der Waals surface area contributed by atoms with Gasteiger partial charge >= 0.3 is 0 Å². The second-order valence-corrected chi connectivity index (χ2v) is 8.24. The van der Waals surface area contributed by atoms with Crippen LogP contribution in [0.25, 0.3) is 21.8 Å². The van der Waals surface area contributed by atoms with Crippen molar-refractivity contribution in [2.75, 3.05) is 31.3 Å². The molecule has 0 aliphatic carbocycles. The zero-order valence-electron chi connectivity index (χ0n) is 18.3. The van der Waals surface area contributed by atoms with E-state index in [1.54, 1.807) is 6.20 Å². The summed E-state index contributed by atoms with van der Waals surface area (Å²) in [7, 11) is 4.19. The van der Waals surface area contributed by atoms with Gasteiger partial charge in [-0.3, -0.25) is 0 Å². The molecule has 7 heteroatoms. The molecule has 0 bridgehead atoms. The van der Waals surface area contributed by atoms with Gasteiger partial charge in [0.15, 0.2) is 0 Å². The lowest BCUT2D eigenvalue weighted by Crippen LogP contribution is -2.14. The van der Waals surface area contributed by atoms with Gasteiger partial charge in [-0.1, -0.05) is 12.1 Å². The van der Waals surface area contributed by atoms with Crippen LogP contribution in [-0.2, 0) is 13.0 Å². The van der Waals surface area contributed by atoms with E-state index in [0.29, 0.717) is 12.5 Å². The number of likely N-dealkylation sites (N-methyl/N-ethyl adjacent to an activating group) is 1. The molecule has 3 heterocycles. The number of benzene rings is 2. The zero-order valence-corrected chi connectivity index (χ0v) is 18.3. The van der Waals surface area contributed by atoms with Crippen molar-refractivity contribution in [3.63, 3.8) is 0 Å². The Labute approximate surface area is 186 Å². The van der Waals surface area contributed by atoms with Crippen LogP contribution in [0.15, 0.2) is 67.1 Å². The zero-order chi connectivity index (χ0) is 21.9. The Morgan fingerprint density at radius 1 is 1.00 bits per heavy atom. The van der Waals surface area contributed by atoms with Crippen LogP contribution in [0.4, 0.5) is 17.5 Å². The molecule has 0 saturated carbocycles. The molecule has 0 fully saturated rings. The van der Waals surface area contributed by atoms with Gasteiger partial charge in [-0.05, 0) is 73.4 Å². The molecule has 32 heavy (non-hydrogen) atoms. The van der Waals surface area contributed by atoms with Crippen LogP contribution in [0.2, 0.25) is 0 Å². The Bertz CT molecular complexity index is 1350. The summed E-state index contributed by atoms with van der Waals surface area (Å²) >= 11 is 0. The molecule has 162 valence electrons. The van der Waals surface area contributed by atoms with E-state index in [9.17, 15) is 0 Å². The van der Waals surface area contributed by atoms with Crippen molar-refractivity contribution >= 4 is 39.3 Å². The first-order valence-corrected chi connectivity index (χ1v) is 10.8. The summed E-state index contributed by atoms with van der Waals surface area (Å²) < 4.78 is 0. The van der Waals surface area contributed by atoms with Gasteiger partial charge in [-0.15, -0.1) is 0 Å². The highest BCUT2D eigenvalue weighted by Crippen LogP contribution is 2.29. The molecule has 0 saturated heterocycles. The first-order valence-electron chi connectivity index (χ1n) is 10.8. The van der Waals surface area contributed by atoms with Gasteiger partial charge in [0, 0.05) is 48.1 Å². The Hall–Kier alpha value is -3.84. The number of aromatic nitrogens is 4.